The summed E-state index contributed by atoms with van der Waals surface area (Å²) in [6, 6.07) is 14.3. The predicted octanol–water partition coefficient (Wildman–Crippen LogP) is 4.29. The summed E-state index contributed by atoms with van der Waals surface area (Å²) in [6.45, 7) is 5.63. The van der Waals surface area contributed by atoms with Crippen molar-refractivity contribution in [2.24, 2.45) is 5.92 Å². The Labute approximate surface area is 138 Å². The number of likely N-dealkylation sites (tertiary alicyclic amines) is 1. The van der Waals surface area contributed by atoms with Crippen LogP contribution in [0.25, 0.3) is 10.8 Å². The van der Waals surface area contributed by atoms with Crippen molar-refractivity contribution < 1.29 is 4.79 Å². The Morgan fingerprint density at radius 2 is 2.04 bits per heavy atom. The minimum Gasteiger partial charge on any atom is -0.326 e. The van der Waals surface area contributed by atoms with Gasteiger partial charge >= 0.3 is 0 Å². The standard InChI is InChI=1S/C20H26N2O/c1-2-11-22-12-5-6-16(15-22)13-20(23)21-19-10-9-17-7-3-4-8-18(17)14-19/h3-4,7-10,14,16H,2,5-6,11-13,15H2,1H3,(H,21,23). The van der Waals surface area contributed by atoms with Gasteiger partial charge < -0.3 is 10.2 Å². The minimum atomic E-state index is 0.142. The summed E-state index contributed by atoms with van der Waals surface area (Å²) in [5, 5.41) is 5.44. The van der Waals surface area contributed by atoms with Gasteiger partial charge in [-0.25, -0.2) is 0 Å². The molecule has 1 unspecified atom stereocenters. The minimum absolute atomic E-state index is 0.142. The highest BCUT2D eigenvalue weighted by Gasteiger charge is 2.21. The molecule has 1 saturated heterocycles. The molecule has 1 amide bonds. The molecule has 0 radical (unpaired) electrons. The molecule has 3 nitrogen and oxygen atoms in total. The van der Waals surface area contributed by atoms with E-state index in [2.05, 4.69) is 41.4 Å². The highest BCUT2D eigenvalue weighted by molar-refractivity contribution is 5.94. The van der Waals surface area contributed by atoms with Gasteiger partial charge in [0.1, 0.15) is 0 Å². The van der Waals surface area contributed by atoms with E-state index in [0.717, 1.165) is 24.2 Å². The molecule has 122 valence electrons. The van der Waals surface area contributed by atoms with Crippen molar-refractivity contribution in [1.82, 2.24) is 4.90 Å². The van der Waals surface area contributed by atoms with E-state index < -0.39 is 0 Å². The van der Waals surface area contributed by atoms with E-state index in [9.17, 15) is 4.79 Å². The van der Waals surface area contributed by atoms with Crippen LogP contribution in [0.2, 0.25) is 0 Å². The van der Waals surface area contributed by atoms with E-state index in [1.165, 1.54) is 31.2 Å². The van der Waals surface area contributed by atoms with E-state index >= 15 is 0 Å². The largest absolute Gasteiger partial charge is 0.326 e. The summed E-state index contributed by atoms with van der Waals surface area (Å²) < 4.78 is 0. The Hall–Kier alpha value is -1.87. The number of rotatable bonds is 5. The Morgan fingerprint density at radius 3 is 2.87 bits per heavy atom. The summed E-state index contributed by atoms with van der Waals surface area (Å²) in [4.78, 5) is 14.8. The van der Waals surface area contributed by atoms with Crippen LogP contribution in [-0.2, 0) is 4.79 Å². The normalized spacial score (nSPS) is 18.9. The number of amides is 1. The predicted molar refractivity (Wildman–Crippen MR) is 96.6 cm³/mol. The molecule has 0 saturated carbocycles. The van der Waals surface area contributed by atoms with Crippen molar-refractivity contribution >= 4 is 22.4 Å². The number of benzene rings is 2. The summed E-state index contributed by atoms with van der Waals surface area (Å²) in [5.74, 6) is 0.638. The monoisotopic (exact) mass is 310 g/mol. The second-order valence-corrected chi connectivity index (χ2v) is 6.62. The molecular formula is C20H26N2O. The molecule has 1 fully saturated rings. The van der Waals surface area contributed by atoms with Crippen molar-refractivity contribution in [2.45, 2.75) is 32.6 Å². The Bertz CT molecular complexity index is 665. The fourth-order valence-corrected chi connectivity index (χ4v) is 3.58. The van der Waals surface area contributed by atoms with Crippen LogP contribution in [0.5, 0.6) is 0 Å². The lowest BCUT2D eigenvalue weighted by Crippen LogP contribution is -2.37. The molecule has 1 heterocycles. The number of anilines is 1. The van der Waals surface area contributed by atoms with Crippen LogP contribution >= 0.6 is 0 Å². The number of fused-ring (bicyclic) bond motifs is 1. The van der Waals surface area contributed by atoms with E-state index in [1.54, 1.807) is 0 Å². The number of carbonyl (C=O) groups excluding carboxylic acids is 1. The SMILES string of the molecule is CCCN1CCCC(CC(=O)Nc2ccc3ccccc3c2)C1. The third kappa shape index (κ3) is 4.32. The van der Waals surface area contributed by atoms with Crippen molar-refractivity contribution in [1.29, 1.82) is 0 Å². The van der Waals surface area contributed by atoms with Gasteiger partial charge in [-0.2, -0.15) is 0 Å². The van der Waals surface area contributed by atoms with Gasteiger partial charge in [0, 0.05) is 18.7 Å². The Morgan fingerprint density at radius 1 is 1.22 bits per heavy atom. The molecule has 0 spiro atoms. The first-order valence-corrected chi connectivity index (χ1v) is 8.75. The third-order valence-corrected chi connectivity index (χ3v) is 4.65. The maximum absolute atomic E-state index is 12.4. The fraction of sp³-hybridized carbons (Fsp3) is 0.450. The second kappa shape index (κ2) is 7.60. The van der Waals surface area contributed by atoms with Gasteiger partial charge in [0.05, 0.1) is 0 Å². The van der Waals surface area contributed by atoms with Gasteiger partial charge in [-0.15, -0.1) is 0 Å². The van der Waals surface area contributed by atoms with Crippen molar-refractivity contribution in [3.63, 3.8) is 0 Å². The third-order valence-electron chi connectivity index (χ3n) is 4.65. The van der Waals surface area contributed by atoms with Crippen LogP contribution in [-0.4, -0.2) is 30.4 Å². The fourth-order valence-electron chi connectivity index (χ4n) is 3.58. The van der Waals surface area contributed by atoms with Gasteiger partial charge in [-0.1, -0.05) is 37.3 Å². The molecule has 1 atom stereocenters. The van der Waals surface area contributed by atoms with Crippen LogP contribution in [0.15, 0.2) is 42.5 Å². The van der Waals surface area contributed by atoms with Crippen LogP contribution < -0.4 is 5.32 Å². The first-order chi connectivity index (χ1) is 11.2. The average molecular weight is 310 g/mol. The molecule has 23 heavy (non-hydrogen) atoms. The molecule has 3 heteroatoms. The summed E-state index contributed by atoms with van der Waals surface area (Å²) in [6.07, 6.45) is 4.21. The highest BCUT2D eigenvalue weighted by atomic mass is 16.1. The smallest absolute Gasteiger partial charge is 0.224 e. The molecular weight excluding hydrogens is 284 g/mol. The number of hydrogen-bond donors (Lipinski definition) is 1. The zero-order valence-electron chi connectivity index (χ0n) is 13.9. The number of nitrogens with zero attached hydrogens (tertiary/aromatic N) is 1. The molecule has 0 bridgehead atoms. The molecule has 1 aliphatic rings. The van der Waals surface area contributed by atoms with Crippen LogP contribution in [0.4, 0.5) is 5.69 Å². The number of nitrogens with one attached hydrogen (secondary N) is 1. The van der Waals surface area contributed by atoms with Gasteiger partial charge in [0.25, 0.3) is 0 Å². The van der Waals surface area contributed by atoms with E-state index in [-0.39, 0.29) is 5.91 Å². The number of hydrogen-bond acceptors (Lipinski definition) is 2. The molecule has 0 aliphatic carbocycles. The van der Waals surface area contributed by atoms with E-state index in [0.29, 0.717) is 12.3 Å². The van der Waals surface area contributed by atoms with Gasteiger partial charge in [-0.3, -0.25) is 4.79 Å². The van der Waals surface area contributed by atoms with Gasteiger partial charge in [-0.05, 0) is 61.2 Å². The van der Waals surface area contributed by atoms with Crippen molar-refractivity contribution in [3.05, 3.63) is 42.5 Å². The summed E-state index contributed by atoms with van der Waals surface area (Å²) in [7, 11) is 0. The average Bonchev–Trinajstić information content (AvgIpc) is 2.55. The molecule has 2 aromatic rings. The van der Waals surface area contributed by atoms with Crippen LogP contribution in [0, 0.1) is 5.92 Å². The molecule has 1 N–H and O–H groups in total. The van der Waals surface area contributed by atoms with E-state index in [1.807, 2.05) is 18.2 Å². The van der Waals surface area contributed by atoms with Crippen molar-refractivity contribution in [2.75, 3.05) is 25.0 Å². The Kier molecular flexibility index (Phi) is 5.29. The summed E-state index contributed by atoms with van der Waals surface area (Å²) >= 11 is 0. The molecule has 0 aromatic heterocycles. The lowest BCUT2D eigenvalue weighted by Gasteiger charge is -2.32. The Balaban J connectivity index is 1.57. The quantitative estimate of drug-likeness (QED) is 0.893. The maximum Gasteiger partial charge on any atom is 0.224 e. The molecule has 2 aromatic carbocycles. The lowest BCUT2D eigenvalue weighted by molar-refractivity contribution is -0.117. The first-order valence-electron chi connectivity index (χ1n) is 8.75. The molecule has 1 aliphatic heterocycles. The van der Waals surface area contributed by atoms with Crippen molar-refractivity contribution in [3.8, 4) is 0 Å². The maximum atomic E-state index is 12.4. The number of carbonyl (C=O) groups is 1. The van der Waals surface area contributed by atoms with Crippen LogP contribution in [0.3, 0.4) is 0 Å². The zero-order valence-corrected chi connectivity index (χ0v) is 13.9. The zero-order chi connectivity index (χ0) is 16.1. The number of piperidine rings is 1. The van der Waals surface area contributed by atoms with Gasteiger partial charge in [0.15, 0.2) is 0 Å². The van der Waals surface area contributed by atoms with E-state index in [4.69, 9.17) is 0 Å². The summed E-state index contributed by atoms with van der Waals surface area (Å²) in [5.41, 5.74) is 0.898. The highest BCUT2D eigenvalue weighted by Crippen LogP contribution is 2.22. The topological polar surface area (TPSA) is 32.3 Å². The first kappa shape index (κ1) is 16.0. The van der Waals surface area contributed by atoms with Gasteiger partial charge in [0.2, 0.25) is 5.91 Å². The van der Waals surface area contributed by atoms with Crippen LogP contribution in [0.1, 0.15) is 32.6 Å². The second-order valence-electron chi connectivity index (χ2n) is 6.62. The lowest BCUT2D eigenvalue weighted by atomic mass is 9.94. The molecule has 3 rings (SSSR count).